The van der Waals surface area contributed by atoms with Crippen LogP contribution in [-0.2, 0) is 0 Å². The fraction of sp³-hybridized carbons (Fsp3) is 0.182. The summed E-state index contributed by atoms with van der Waals surface area (Å²) in [6.07, 6.45) is 4.30. The maximum Gasteiger partial charge on any atom is 0.172 e. The molecule has 2 aliphatic heterocycles. The second kappa shape index (κ2) is 9.92. The number of benzene rings is 3. The molecular formula is C33H30N2O4S. The molecule has 6 rings (SSSR count). The molecular weight excluding hydrogens is 520 g/mol. The van der Waals surface area contributed by atoms with E-state index in [4.69, 9.17) is 14.3 Å². The van der Waals surface area contributed by atoms with Crippen LogP contribution in [0.2, 0.25) is 0 Å². The zero-order valence-electron chi connectivity index (χ0n) is 23.0. The Morgan fingerprint density at radius 1 is 1.02 bits per heavy atom. The molecule has 0 saturated heterocycles. The number of hydrogen-bond donors (Lipinski definition) is 2. The second-order valence-corrected chi connectivity index (χ2v) is 11.4. The van der Waals surface area contributed by atoms with Crippen LogP contribution in [0.4, 0.5) is 5.69 Å². The van der Waals surface area contributed by atoms with Gasteiger partial charge in [0.15, 0.2) is 17.2 Å². The van der Waals surface area contributed by atoms with Crippen molar-refractivity contribution in [3.8, 4) is 34.1 Å². The molecule has 0 bridgehead atoms. The van der Waals surface area contributed by atoms with Gasteiger partial charge in [0.05, 0.1) is 23.9 Å². The Balaban J connectivity index is 1.52. The Labute approximate surface area is 237 Å². The molecule has 3 aromatic carbocycles. The summed E-state index contributed by atoms with van der Waals surface area (Å²) in [6, 6.07) is 19.1. The third kappa shape index (κ3) is 4.52. The maximum absolute atomic E-state index is 10.6. The molecule has 0 radical (unpaired) electrons. The van der Waals surface area contributed by atoms with Crippen LogP contribution in [0.3, 0.4) is 0 Å². The lowest BCUT2D eigenvalue weighted by Crippen LogP contribution is -2.32. The number of phenols is 1. The SMILES string of the molecule is COc1c(O)ccc2c1-c1ccc3c(c1C(=Cc1sccc1C(C)=NOc1ccccc1)O2)C(C)=CC(C)(C)N3. The number of phenolic OH excluding ortho intramolecular Hbond substituents is 1. The number of para-hydroxylation sites is 1. The van der Waals surface area contributed by atoms with Crippen LogP contribution in [0.1, 0.15) is 49.3 Å². The van der Waals surface area contributed by atoms with E-state index in [-0.39, 0.29) is 11.3 Å². The van der Waals surface area contributed by atoms with E-state index in [1.165, 1.54) is 0 Å². The van der Waals surface area contributed by atoms with Gasteiger partial charge in [-0.1, -0.05) is 35.5 Å². The minimum atomic E-state index is -0.189. The number of rotatable bonds is 5. The van der Waals surface area contributed by atoms with Crippen molar-refractivity contribution in [1.82, 2.24) is 0 Å². The highest BCUT2D eigenvalue weighted by molar-refractivity contribution is 7.11. The van der Waals surface area contributed by atoms with Gasteiger partial charge in [0.2, 0.25) is 0 Å². The third-order valence-electron chi connectivity index (χ3n) is 7.05. The van der Waals surface area contributed by atoms with Gasteiger partial charge >= 0.3 is 0 Å². The van der Waals surface area contributed by atoms with Crippen molar-refractivity contribution < 1.29 is 19.4 Å². The third-order valence-corrected chi connectivity index (χ3v) is 7.91. The van der Waals surface area contributed by atoms with Gasteiger partial charge < -0.3 is 24.7 Å². The van der Waals surface area contributed by atoms with Crippen LogP contribution < -0.4 is 19.6 Å². The summed E-state index contributed by atoms with van der Waals surface area (Å²) in [4.78, 5) is 6.67. The number of nitrogens with zero attached hydrogens (tertiary/aromatic N) is 1. The lowest BCUT2D eigenvalue weighted by molar-refractivity contribution is 0.341. The molecule has 0 saturated carbocycles. The highest BCUT2D eigenvalue weighted by Crippen LogP contribution is 2.54. The first-order chi connectivity index (χ1) is 19.3. The number of ether oxygens (including phenoxy) is 2. The lowest BCUT2D eigenvalue weighted by atomic mass is 9.83. The molecule has 2 aliphatic rings. The van der Waals surface area contributed by atoms with Crippen LogP contribution >= 0.6 is 11.3 Å². The van der Waals surface area contributed by atoms with Crippen LogP contribution in [0.5, 0.6) is 23.0 Å². The van der Waals surface area contributed by atoms with E-state index in [2.05, 4.69) is 55.5 Å². The Hall–Kier alpha value is -4.49. The fourth-order valence-electron chi connectivity index (χ4n) is 5.45. The van der Waals surface area contributed by atoms with Crippen molar-refractivity contribution in [2.45, 2.75) is 33.2 Å². The number of anilines is 1. The number of methoxy groups -OCH3 is 1. The number of allylic oxidation sites excluding steroid dienone is 1. The van der Waals surface area contributed by atoms with E-state index < -0.39 is 0 Å². The number of aromatic hydroxyl groups is 1. The van der Waals surface area contributed by atoms with Crippen LogP contribution in [0.25, 0.3) is 28.5 Å². The van der Waals surface area contributed by atoms with Gasteiger partial charge in [0, 0.05) is 32.8 Å². The molecule has 4 aromatic rings. The van der Waals surface area contributed by atoms with Gasteiger partial charge in [0.1, 0.15) is 11.5 Å². The topological polar surface area (TPSA) is 72.3 Å². The molecule has 0 aliphatic carbocycles. The second-order valence-electron chi connectivity index (χ2n) is 10.5. The van der Waals surface area contributed by atoms with Crippen molar-refractivity contribution >= 4 is 40.1 Å². The van der Waals surface area contributed by atoms with Gasteiger partial charge in [-0.15, -0.1) is 11.3 Å². The number of oxime groups is 1. The molecule has 40 heavy (non-hydrogen) atoms. The van der Waals surface area contributed by atoms with Gasteiger partial charge in [0.25, 0.3) is 0 Å². The van der Waals surface area contributed by atoms with Crippen molar-refractivity contribution in [2.24, 2.45) is 5.16 Å². The molecule has 7 heteroatoms. The summed E-state index contributed by atoms with van der Waals surface area (Å²) < 4.78 is 12.3. The smallest absolute Gasteiger partial charge is 0.172 e. The molecule has 0 amide bonds. The molecule has 0 unspecified atom stereocenters. The van der Waals surface area contributed by atoms with Gasteiger partial charge in [-0.05, 0) is 81.1 Å². The Kier molecular flexibility index (Phi) is 6.39. The summed E-state index contributed by atoms with van der Waals surface area (Å²) in [5.74, 6) is 2.47. The highest BCUT2D eigenvalue weighted by atomic mass is 32.1. The van der Waals surface area contributed by atoms with Crippen LogP contribution in [0.15, 0.2) is 77.3 Å². The first-order valence-electron chi connectivity index (χ1n) is 13.1. The average molecular weight is 551 g/mol. The predicted octanol–water partition coefficient (Wildman–Crippen LogP) is 8.43. The van der Waals surface area contributed by atoms with Crippen LogP contribution in [-0.4, -0.2) is 23.5 Å². The lowest BCUT2D eigenvalue weighted by Gasteiger charge is -2.35. The monoisotopic (exact) mass is 550 g/mol. The number of hydrogen-bond acceptors (Lipinski definition) is 7. The first-order valence-corrected chi connectivity index (χ1v) is 13.9. The predicted molar refractivity (Wildman–Crippen MR) is 164 cm³/mol. The normalized spacial score (nSPS) is 16.2. The minimum Gasteiger partial charge on any atom is -0.504 e. The zero-order valence-corrected chi connectivity index (χ0v) is 23.8. The fourth-order valence-corrected chi connectivity index (χ4v) is 6.32. The zero-order chi connectivity index (χ0) is 28.0. The van der Waals surface area contributed by atoms with Crippen molar-refractivity contribution in [1.29, 1.82) is 0 Å². The van der Waals surface area contributed by atoms with Gasteiger partial charge in [-0.3, -0.25) is 0 Å². The summed E-state index contributed by atoms with van der Waals surface area (Å²) in [5.41, 5.74) is 7.38. The van der Waals surface area contributed by atoms with E-state index >= 15 is 0 Å². The summed E-state index contributed by atoms with van der Waals surface area (Å²) in [5, 5.41) is 20.7. The van der Waals surface area contributed by atoms with Crippen molar-refractivity contribution in [2.75, 3.05) is 12.4 Å². The number of fused-ring (bicyclic) bond motifs is 5. The van der Waals surface area contributed by atoms with E-state index in [1.54, 1.807) is 30.6 Å². The standard InChI is InChI=1S/C33H30N2O4S/c1-19-18-33(3,4)34-24-12-11-23-30(29(19)24)27(38-26-14-13-25(36)32(37-5)31(23)26)17-28-22(15-16-40-28)20(2)35-39-21-9-7-6-8-10-21/h6-18,34,36H,1-5H3. The molecule has 3 heterocycles. The molecule has 202 valence electrons. The molecule has 0 spiro atoms. The number of thiophene rings is 1. The van der Waals surface area contributed by atoms with Crippen molar-refractivity contribution in [3.05, 3.63) is 93.7 Å². The highest BCUT2D eigenvalue weighted by Gasteiger charge is 2.33. The summed E-state index contributed by atoms with van der Waals surface area (Å²) in [7, 11) is 1.56. The Morgan fingerprint density at radius 3 is 2.60 bits per heavy atom. The molecule has 1 aromatic heterocycles. The summed E-state index contributed by atoms with van der Waals surface area (Å²) in [6.45, 7) is 8.37. The van der Waals surface area contributed by atoms with E-state index in [1.807, 2.05) is 48.7 Å². The summed E-state index contributed by atoms with van der Waals surface area (Å²) >= 11 is 1.61. The van der Waals surface area contributed by atoms with Gasteiger partial charge in [-0.25, -0.2) is 0 Å². The quantitative estimate of drug-likeness (QED) is 0.193. The largest absolute Gasteiger partial charge is 0.504 e. The first kappa shape index (κ1) is 25.8. The average Bonchev–Trinajstić information content (AvgIpc) is 3.39. The van der Waals surface area contributed by atoms with Crippen LogP contribution in [0, 0.1) is 0 Å². The molecule has 6 nitrogen and oxygen atoms in total. The van der Waals surface area contributed by atoms with Gasteiger partial charge in [-0.2, -0.15) is 0 Å². The molecule has 0 fully saturated rings. The molecule has 0 atom stereocenters. The molecule has 2 N–H and O–H groups in total. The van der Waals surface area contributed by atoms with E-state index in [0.717, 1.165) is 49.7 Å². The van der Waals surface area contributed by atoms with Crippen molar-refractivity contribution in [3.63, 3.8) is 0 Å². The Bertz CT molecular complexity index is 1710. The minimum absolute atomic E-state index is 0.0678. The van der Waals surface area contributed by atoms with E-state index in [9.17, 15) is 5.11 Å². The maximum atomic E-state index is 10.6. The number of nitrogens with one attached hydrogen (secondary N) is 1. The Morgan fingerprint density at radius 2 is 1.82 bits per heavy atom. The van der Waals surface area contributed by atoms with E-state index in [0.29, 0.717) is 23.0 Å².